The minimum atomic E-state index is -0.723. The maximum absolute atomic E-state index is 13.3. The number of carbonyl (C=O) groups is 2. The molecule has 0 spiro atoms. The molecular weight excluding hydrogens is 426 g/mol. The Labute approximate surface area is 200 Å². The van der Waals surface area contributed by atoms with Crippen LogP contribution in [0.5, 0.6) is 5.75 Å². The van der Waals surface area contributed by atoms with Gasteiger partial charge in [-0.1, -0.05) is 93.6 Å². The summed E-state index contributed by atoms with van der Waals surface area (Å²) in [6.07, 6.45) is 0. The van der Waals surface area contributed by atoms with Gasteiger partial charge in [0, 0.05) is 11.1 Å². The molecule has 1 aliphatic rings. The van der Waals surface area contributed by atoms with Crippen LogP contribution in [0.25, 0.3) is 5.76 Å². The van der Waals surface area contributed by atoms with Crippen LogP contribution in [0.4, 0.5) is 0 Å². The highest BCUT2D eigenvalue weighted by Crippen LogP contribution is 2.41. The summed E-state index contributed by atoms with van der Waals surface area (Å²) < 4.78 is 5.47. The number of Topliss-reactive ketones (excluding diaryl/α,β-unsaturated/α-hetero) is 1. The third-order valence-corrected chi connectivity index (χ3v) is 6.21. The Kier molecular flexibility index (Phi) is 6.29. The minimum absolute atomic E-state index is 0.0399. The molecule has 1 aliphatic heterocycles. The monoisotopic (exact) mass is 455 g/mol. The predicted octanol–water partition coefficient (Wildman–Crippen LogP) is 5.61. The van der Waals surface area contributed by atoms with Crippen molar-refractivity contribution in [2.24, 2.45) is 0 Å². The Morgan fingerprint density at radius 2 is 1.53 bits per heavy atom. The Morgan fingerprint density at radius 1 is 0.912 bits per heavy atom. The third kappa shape index (κ3) is 4.34. The van der Waals surface area contributed by atoms with Crippen molar-refractivity contribution < 1.29 is 19.4 Å². The highest BCUT2D eigenvalue weighted by molar-refractivity contribution is 6.46. The van der Waals surface area contributed by atoms with Gasteiger partial charge in [-0.25, -0.2) is 0 Å². The van der Waals surface area contributed by atoms with Crippen molar-refractivity contribution >= 4 is 17.4 Å². The molecule has 0 saturated carbocycles. The van der Waals surface area contributed by atoms with Crippen molar-refractivity contribution in [1.29, 1.82) is 0 Å². The molecule has 1 N–H and O–H groups in total. The third-order valence-electron chi connectivity index (χ3n) is 6.21. The Bertz CT molecular complexity index is 1240. The normalized spacial score (nSPS) is 17.8. The second-order valence-electron chi connectivity index (χ2n) is 9.48. The molecule has 5 nitrogen and oxygen atoms in total. The molecule has 3 aromatic rings. The zero-order chi connectivity index (χ0) is 24.5. The van der Waals surface area contributed by atoms with Crippen molar-refractivity contribution in [1.82, 2.24) is 4.90 Å². The van der Waals surface area contributed by atoms with E-state index in [0.29, 0.717) is 11.3 Å². The Morgan fingerprint density at radius 3 is 2.15 bits per heavy atom. The van der Waals surface area contributed by atoms with Gasteiger partial charge in [0.05, 0.1) is 25.3 Å². The van der Waals surface area contributed by atoms with E-state index < -0.39 is 17.7 Å². The van der Waals surface area contributed by atoms with Crippen LogP contribution in [0.2, 0.25) is 0 Å². The van der Waals surface area contributed by atoms with Gasteiger partial charge < -0.3 is 14.7 Å². The van der Waals surface area contributed by atoms with E-state index in [4.69, 9.17) is 4.74 Å². The van der Waals surface area contributed by atoms with Crippen molar-refractivity contribution in [3.05, 3.63) is 107 Å². The van der Waals surface area contributed by atoms with Gasteiger partial charge in [-0.05, 0) is 22.6 Å². The fraction of sp³-hybridized carbons (Fsp3) is 0.241. The fourth-order valence-corrected chi connectivity index (χ4v) is 4.32. The van der Waals surface area contributed by atoms with Crippen LogP contribution >= 0.6 is 0 Å². The number of methoxy groups -OCH3 is 1. The molecule has 1 amide bonds. The van der Waals surface area contributed by atoms with Gasteiger partial charge in [0.1, 0.15) is 11.5 Å². The Hall–Kier alpha value is -3.86. The molecule has 0 aromatic heterocycles. The number of benzene rings is 3. The van der Waals surface area contributed by atoms with E-state index in [1.54, 1.807) is 31.4 Å². The molecule has 1 heterocycles. The summed E-state index contributed by atoms with van der Waals surface area (Å²) in [6, 6.07) is 23.4. The number of aliphatic hydroxyl groups excluding tert-OH is 1. The molecule has 1 saturated heterocycles. The summed E-state index contributed by atoms with van der Waals surface area (Å²) in [6.45, 7) is 6.56. The highest BCUT2D eigenvalue weighted by atomic mass is 16.5. The quantitative estimate of drug-likeness (QED) is 0.308. The summed E-state index contributed by atoms with van der Waals surface area (Å²) >= 11 is 0. The van der Waals surface area contributed by atoms with Gasteiger partial charge in [0.15, 0.2) is 0 Å². The van der Waals surface area contributed by atoms with Crippen molar-refractivity contribution in [2.75, 3.05) is 7.11 Å². The molecule has 174 valence electrons. The molecule has 0 bridgehead atoms. The van der Waals surface area contributed by atoms with Gasteiger partial charge in [-0.2, -0.15) is 0 Å². The molecule has 4 rings (SSSR count). The lowest BCUT2D eigenvalue weighted by atomic mass is 9.85. The number of hydrogen-bond donors (Lipinski definition) is 1. The van der Waals surface area contributed by atoms with Crippen LogP contribution in [-0.2, 0) is 21.5 Å². The van der Waals surface area contributed by atoms with Crippen molar-refractivity contribution in [3.63, 3.8) is 0 Å². The minimum Gasteiger partial charge on any atom is -0.507 e. The van der Waals surface area contributed by atoms with Crippen LogP contribution < -0.4 is 4.74 Å². The van der Waals surface area contributed by atoms with Crippen LogP contribution in [-0.4, -0.2) is 28.8 Å². The zero-order valence-corrected chi connectivity index (χ0v) is 19.9. The molecule has 3 aromatic carbocycles. The summed E-state index contributed by atoms with van der Waals surface area (Å²) in [4.78, 5) is 28.0. The van der Waals surface area contributed by atoms with Crippen LogP contribution in [0, 0.1) is 0 Å². The SMILES string of the molecule is COc1ccccc1CN1C(=O)C(=O)/C(=C(\O)c2ccccc2)C1c1ccc(C(C)(C)C)cc1. The van der Waals surface area contributed by atoms with E-state index in [2.05, 4.69) is 20.8 Å². The number of likely N-dealkylation sites (tertiary alicyclic amines) is 1. The fourth-order valence-electron chi connectivity index (χ4n) is 4.32. The lowest BCUT2D eigenvalue weighted by molar-refractivity contribution is -0.140. The number of rotatable bonds is 5. The van der Waals surface area contributed by atoms with Gasteiger partial charge in [-0.3, -0.25) is 9.59 Å². The van der Waals surface area contributed by atoms with E-state index in [9.17, 15) is 14.7 Å². The number of para-hydroxylation sites is 1. The highest BCUT2D eigenvalue weighted by Gasteiger charge is 2.46. The van der Waals surface area contributed by atoms with E-state index in [1.165, 1.54) is 4.90 Å². The number of amides is 1. The van der Waals surface area contributed by atoms with Gasteiger partial charge >= 0.3 is 0 Å². The first-order valence-corrected chi connectivity index (χ1v) is 11.3. The molecule has 1 unspecified atom stereocenters. The number of carbonyl (C=O) groups excluding carboxylic acids is 2. The molecule has 0 aliphatic carbocycles. The van der Waals surface area contributed by atoms with Crippen LogP contribution in [0.15, 0.2) is 84.4 Å². The molecule has 5 heteroatoms. The zero-order valence-electron chi connectivity index (χ0n) is 19.9. The smallest absolute Gasteiger partial charge is 0.295 e. The maximum Gasteiger partial charge on any atom is 0.295 e. The molecule has 1 atom stereocenters. The van der Waals surface area contributed by atoms with Gasteiger partial charge in [0.2, 0.25) is 0 Å². The van der Waals surface area contributed by atoms with E-state index in [1.807, 2.05) is 54.6 Å². The number of ketones is 1. The lowest BCUT2D eigenvalue weighted by Crippen LogP contribution is -2.29. The largest absolute Gasteiger partial charge is 0.507 e. The van der Waals surface area contributed by atoms with Crippen LogP contribution in [0.1, 0.15) is 49.1 Å². The first kappa shape index (κ1) is 23.3. The number of hydrogen-bond acceptors (Lipinski definition) is 4. The first-order valence-electron chi connectivity index (χ1n) is 11.3. The second-order valence-corrected chi connectivity index (χ2v) is 9.48. The number of aliphatic hydroxyl groups is 1. The van der Waals surface area contributed by atoms with Crippen molar-refractivity contribution in [2.45, 2.75) is 38.8 Å². The first-order chi connectivity index (χ1) is 16.2. The van der Waals surface area contributed by atoms with Gasteiger partial charge in [-0.15, -0.1) is 0 Å². The van der Waals surface area contributed by atoms with E-state index in [0.717, 1.165) is 16.7 Å². The van der Waals surface area contributed by atoms with Gasteiger partial charge in [0.25, 0.3) is 11.7 Å². The topological polar surface area (TPSA) is 66.8 Å². The standard InChI is InChI=1S/C29H29NO4/c1-29(2,3)22-16-14-19(15-17-22)25-24(26(31)20-10-6-5-7-11-20)27(32)28(33)30(25)18-21-12-8-9-13-23(21)34-4/h5-17,25,31H,18H2,1-4H3/b26-24-. The molecule has 34 heavy (non-hydrogen) atoms. The molecule has 1 fully saturated rings. The van der Waals surface area contributed by atoms with E-state index in [-0.39, 0.29) is 23.3 Å². The summed E-state index contributed by atoms with van der Waals surface area (Å²) in [5, 5.41) is 11.2. The second kappa shape index (κ2) is 9.18. The maximum atomic E-state index is 13.3. The number of nitrogens with zero attached hydrogens (tertiary/aromatic N) is 1. The summed E-state index contributed by atoms with van der Waals surface area (Å²) in [5.74, 6) is -0.880. The summed E-state index contributed by atoms with van der Waals surface area (Å²) in [7, 11) is 1.57. The molecule has 0 radical (unpaired) electrons. The Balaban J connectivity index is 1.86. The predicted molar refractivity (Wildman–Crippen MR) is 132 cm³/mol. The molecular formula is C29H29NO4. The van der Waals surface area contributed by atoms with Crippen LogP contribution in [0.3, 0.4) is 0 Å². The summed E-state index contributed by atoms with van der Waals surface area (Å²) in [5.41, 5.74) is 3.23. The number of ether oxygens (including phenoxy) is 1. The average Bonchev–Trinajstić information content (AvgIpc) is 3.09. The average molecular weight is 456 g/mol. The lowest BCUT2D eigenvalue weighted by Gasteiger charge is -2.27. The van der Waals surface area contributed by atoms with Crippen molar-refractivity contribution in [3.8, 4) is 5.75 Å². The van der Waals surface area contributed by atoms with E-state index >= 15 is 0 Å².